The number of esters is 1. The molecule has 3 aromatic rings. The number of carbonyl (C=O) groups is 1. The van der Waals surface area contributed by atoms with Crippen LogP contribution in [0, 0.1) is 11.8 Å². The number of nitrogens with zero attached hydrogens (tertiary/aromatic N) is 2. The van der Waals surface area contributed by atoms with Crippen LogP contribution in [0.2, 0.25) is 0 Å². The predicted molar refractivity (Wildman–Crippen MR) is 91.9 cm³/mol. The second-order valence-corrected chi connectivity index (χ2v) is 5.01. The Labute approximate surface area is 140 Å². The molecule has 0 aliphatic rings. The van der Waals surface area contributed by atoms with Crippen molar-refractivity contribution in [2.75, 3.05) is 6.61 Å². The first-order chi connectivity index (χ1) is 11.8. The van der Waals surface area contributed by atoms with E-state index in [1.165, 1.54) is 0 Å². The third-order valence-electron chi connectivity index (χ3n) is 3.33. The van der Waals surface area contributed by atoms with Crippen molar-refractivity contribution in [1.82, 2.24) is 9.78 Å². The zero-order valence-corrected chi connectivity index (χ0v) is 13.3. The molecule has 0 atom stereocenters. The first-order valence-corrected chi connectivity index (χ1v) is 7.67. The summed E-state index contributed by atoms with van der Waals surface area (Å²) in [5, 5.41) is 4.44. The van der Waals surface area contributed by atoms with E-state index in [1.807, 2.05) is 60.7 Å². The Balaban J connectivity index is 2.02. The van der Waals surface area contributed by atoms with Gasteiger partial charge in [-0.25, -0.2) is 9.48 Å². The molecule has 0 amide bonds. The molecule has 118 valence electrons. The third kappa shape index (κ3) is 3.53. The van der Waals surface area contributed by atoms with Gasteiger partial charge in [0.2, 0.25) is 0 Å². The summed E-state index contributed by atoms with van der Waals surface area (Å²) in [5.41, 5.74) is 2.49. The van der Waals surface area contributed by atoms with E-state index in [1.54, 1.807) is 17.8 Å². The van der Waals surface area contributed by atoms with E-state index < -0.39 is 5.97 Å². The van der Waals surface area contributed by atoms with Crippen molar-refractivity contribution in [2.45, 2.75) is 6.92 Å². The van der Waals surface area contributed by atoms with Gasteiger partial charge >= 0.3 is 5.97 Å². The predicted octanol–water partition coefficient (Wildman–Crippen LogP) is 3.45. The molecule has 0 aliphatic heterocycles. The van der Waals surface area contributed by atoms with Crippen LogP contribution in [0.1, 0.15) is 28.5 Å². The van der Waals surface area contributed by atoms with E-state index in [4.69, 9.17) is 4.74 Å². The average Bonchev–Trinajstić information content (AvgIpc) is 3.06. The fourth-order valence-corrected chi connectivity index (χ4v) is 2.19. The largest absolute Gasteiger partial charge is 0.462 e. The smallest absolute Gasteiger partial charge is 0.342 e. The Kier molecular flexibility index (Phi) is 4.73. The second kappa shape index (κ2) is 7.30. The Bertz CT molecular complexity index is 888. The maximum Gasteiger partial charge on any atom is 0.342 e. The highest BCUT2D eigenvalue weighted by Gasteiger charge is 2.16. The molecule has 0 aliphatic carbocycles. The number of aromatic nitrogens is 2. The van der Waals surface area contributed by atoms with Crippen LogP contribution in [0.4, 0.5) is 0 Å². The maximum atomic E-state index is 12.2. The fraction of sp³-hybridized carbons (Fsp3) is 0.100. The van der Waals surface area contributed by atoms with Crippen molar-refractivity contribution in [2.24, 2.45) is 0 Å². The standard InChI is InChI=1S/C20H16N2O2/c1-2-24-20(23)18-15-22(17-11-7-4-8-12-17)21-19(18)14-13-16-9-5-3-6-10-16/h3-12,15H,2H2,1H3. The van der Waals surface area contributed by atoms with E-state index in [-0.39, 0.29) is 0 Å². The molecule has 2 aromatic carbocycles. The Morgan fingerprint density at radius 3 is 2.38 bits per heavy atom. The molecule has 0 saturated carbocycles. The molecule has 0 bridgehead atoms. The fourth-order valence-electron chi connectivity index (χ4n) is 2.19. The number of carbonyl (C=O) groups excluding carboxylic acids is 1. The van der Waals surface area contributed by atoms with Gasteiger partial charge < -0.3 is 4.74 Å². The third-order valence-corrected chi connectivity index (χ3v) is 3.33. The van der Waals surface area contributed by atoms with Gasteiger partial charge in [0.25, 0.3) is 0 Å². The topological polar surface area (TPSA) is 44.1 Å². The number of hydrogen-bond acceptors (Lipinski definition) is 3. The highest BCUT2D eigenvalue weighted by atomic mass is 16.5. The number of para-hydroxylation sites is 1. The average molecular weight is 316 g/mol. The van der Waals surface area contributed by atoms with Crippen LogP contribution in [-0.2, 0) is 4.74 Å². The number of hydrogen-bond donors (Lipinski definition) is 0. The van der Waals surface area contributed by atoms with Crippen molar-refractivity contribution in [3.8, 4) is 17.5 Å². The van der Waals surface area contributed by atoms with Gasteiger partial charge in [0.05, 0.1) is 12.3 Å². The van der Waals surface area contributed by atoms with E-state index in [9.17, 15) is 4.79 Å². The highest BCUT2D eigenvalue weighted by molar-refractivity contribution is 5.91. The summed E-state index contributed by atoms with van der Waals surface area (Å²) in [6, 6.07) is 19.2. The van der Waals surface area contributed by atoms with Crippen LogP contribution >= 0.6 is 0 Å². The summed E-state index contributed by atoms with van der Waals surface area (Å²) in [5.74, 6) is 5.59. The van der Waals surface area contributed by atoms with Crippen molar-refractivity contribution in [3.63, 3.8) is 0 Å². The van der Waals surface area contributed by atoms with E-state index in [0.717, 1.165) is 11.3 Å². The summed E-state index contributed by atoms with van der Waals surface area (Å²) in [7, 11) is 0. The van der Waals surface area contributed by atoms with Gasteiger partial charge in [-0.05, 0) is 37.1 Å². The molecule has 4 nitrogen and oxygen atoms in total. The van der Waals surface area contributed by atoms with E-state index >= 15 is 0 Å². The van der Waals surface area contributed by atoms with Gasteiger partial charge in [0, 0.05) is 11.8 Å². The lowest BCUT2D eigenvalue weighted by molar-refractivity contribution is 0.0526. The zero-order valence-electron chi connectivity index (χ0n) is 13.3. The summed E-state index contributed by atoms with van der Waals surface area (Å²) >= 11 is 0. The molecule has 0 saturated heterocycles. The lowest BCUT2D eigenvalue weighted by Crippen LogP contribution is -2.05. The zero-order chi connectivity index (χ0) is 16.8. The lowest BCUT2D eigenvalue weighted by atomic mass is 10.2. The Morgan fingerprint density at radius 1 is 1.04 bits per heavy atom. The van der Waals surface area contributed by atoms with E-state index in [2.05, 4.69) is 16.9 Å². The molecule has 0 spiro atoms. The molecule has 4 heteroatoms. The van der Waals surface area contributed by atoms with Gasteiger partial charge in [-0.2, -0.15) is 5.10 Å². The Morgan fingerprint density at radius 2 is 1.71 bits per heavy atom. The molecule has 1 heterocycles. The molecule has 24 heavy (non-hydrogen) atoms. The minimum absolute atomic E-state index is 0.306. The lowest BCUT2D eigenvalue weighted by Gasteiger charge is -1.99. The van der Waals surface area contributed by atoms with Gasteiger partial charge in [-0.15, -0.1) is 0 Å². The quantitative estimate of drug-likeness (QED) is 0.549. The van der Waals surface area contributed by atoms with Crippen LogP contribution in [0.15, 0.2) is 66.9 Å². The van der Waals surface area contributed by atoms with Gasteiger partial charge in [-0.3, -0.25) is 0 Å². The van der Waals surface area contributed by atoms with Crippen molar-refractivity contribution in [1.29, 1.82) is 0 Å². The monoisotopic (exact) mass is 316 g/mol. The Hall–Kier alpha value is -3.32. The molecule has 0 N–H and O–H groups in total. The minimum atomic E-state index is -0.419. The van der Waals surface area contributed by atoms with Crippen molar-refractivity contribution in [3.05, 3.63) is 83.7 Å². The SMILES string of the molecule is CCOC(=O)c1cn(-c2ccccc2)nc1C#Cc1ccccc1. The van der Waals surface area contributed by atoms with Crippen molar-refractivity contribution < 1.29 is 9.53 Å². The summed E-state index contributed by atoms with van der Waals surface area (Å²) in [6.45, 7) is 2.08. The second-order valence-electron chi connectivity index (χ2n) is 5.01. The first-order valence-electron chi connectivity index (χ1n) is 7.67. The highest BCUT2D eigenvalue weighted by Crippen LogP contribution is 2.13. The first kappa shape index (κ1) is 15.6. The number of ether oxygens (including phenoxy) is 1. The van der Waals surface area contributed by atoms with Gasteiger partial charge in [0.15, 0.2) is 5.69 Å². The maximum absolute atomic E-state index is 12.2. The molecule has 3 rings (SSSR count). The molecular formula is C20H16N2O2. The van der Waals surface area contributed by atoms with Crippen LogP contribution < -0.4 is 0 Å². The summed E-state index contributed by atoms with van der Waals surface area (Å²) in [4.78, 5) is 12.2. The van der Waals surface area contributed by atoms with Gasteiger partial charge in [0.1, 0.15) is 5.56 Å². The minimum Gasteiger partial charge on any atom is -0.462 e. The number of benzene rings is 2. The summed E-state index contributed by atoms with van der Waals surface area (Å²) < 4.78 is 6.75. The van der Waals surface area contributed by atoms with E-state index in [0.29, 0.717) is 17.9 Å². The van der Waals surface area contributed by atoms with Crippen LogP contribution in [0.5, 0.6) is 0 Å². The summed E-state index contributed by atoms with van der Waals surface area (Å²) in [6.07, 6.45) is 1.66. The van der Waals surface area contributed by atoms with Crippen LogP contribution in [-0.4, -0.2) is 22.4 Å². The van der Waals surface area contributed by atoms with Gasteiger partial charge in [-0.1, -0.05) is 42.3 Å². The molecular weight excluding hydrogens is 300 g/mol. The van der Waals surface area contributed by atoms with Crippen LogP contribution in [0.3, 0.4) is 0 Å². The number of rotatable bonds is 3. The normalized spacial score (nSPS) is 9.88. The molecule has 0 unspecified atom stereocenters. The molecule has 0 fully saturated rings. The molecule has 0 radical (unpaired) electrons. The van der Waals surface area contributed by atoms with Crippen LogP contribution in [0.25, 0.3) is 5.69 Å². The molecule has 1 aromatic heterocycles. The van der Waals surface area contributed by atoms with Crippen molar-refractivity contribution >= 4 is 5.97 Å².